The number of nitrogens with one attached hydrogen (secondary N) is 1. The van der Waals surface area contributed by atoms with Crippen molar-refractivity contribution in [1.82, 2.24) is 24.6 Å². The summed E-state index contributed by atoms with van der Waals surface area (Å²) in [5.41, 5.74) is 2.62. The van der Waals surface area contributed by atoms with Crippen LogP contribution in [0.25, 0.3) is 22.2 Å². The smallest absolute Gasteiger partial charge is 0.228 e. The van der Waals surface area contributed by atoms with Crippen LogP contribution in [0.1, 0.15) is 25.7 Å². The van der Waals surface area contributed by atoms with Crippen molar-refractivity contribution in [1.29, 1.82) is 0 Å². The number of hydrogen-bond acceptors (Lipinski definition) is 5. The van der Waals surface area contributed by atoms with Crippen molar-refractivity contribution < 1.29 is 4.79 Å². The highest BCUT2D eigenvalue weighted by Crippen LogP contribution is 2.28. The molecule has 28 heavy (non-hydrogen) atoms. The molecule has 0 aromatic carbocycles. The summed E-state index contributed by atoms with van der Waals surface area (Å²) in [4.78, 5) is 24.0. The molecule has 1 amide bonds. The van der Waals surface area contributed by atoms with Crippen LogP contribution in [0.3, 0.4) is 0 Å². The van der Waals surface area contributed by atoms with Crippen molar-refractivity contribution in [3.63, 3.8) is 0 Å². The van der Waals surface area contributed by atoms with Gasteiger partial charge in [0.15, 0.2) is 0 Å². The van der Waals surface area contributed by atoms with Crippen molar-refractivity contribution in [2.75, 3.05) is 19.4 Å². The number of carbonyl (C=O) groups excluding carboxylic acids is 1. The van der Waals surface area contributed by atoms with Crippen molar-refractivity contribution in [3.8, 4) is 11.3 Å². The van der Waals surface area contributed by atoms with Crippen LogP contribution in [0.15, 0.2) is 36.8 Å². The molecule has 0 aliphatic heterocycles. The van der Waals surface area contributed by atoms with Crippen LogP contribution in [0, 0.1) is 5.92 Å². The predicted molar refractivity (Wildman–Crippen MR) is 110 cm³/mol. The van der Waals surface area contributed by atoms with E-state index in [0.29, 0.717) is 11.9 Å². The zero-order valence-electron chi connectivity index (χ0n) is 16.6. The van der Waals surface area contributed by atoms with E-state index in [1.807, 2.05) is 31.4 Å². The molecule has 7 heteroatoms. The third-order valence-corrected chi connectivity index (χ3v) is 5.62. The van der Waals surface area contributed by atoms with Crippen molar-refractivity contribution >= 4 is 22.6 Å². The Balaban J connectivity index is 1.49. The average molecular weight is 378 g/mol. The monoisotopic (exact) mass is 378 g/mol. The van der Waals surface area contributed by atoms with E-state index in [1.54, 1.807) is 17.1 Å². The molecule has 0 bridgehead atoms. The third-order valence-electron chi connectivity index (χ3n) is 5.62. The molecule has 0 saturated heterocycles. The number of aryl methyl sites for hydroxylation is 1. The van der Waals surface area contributed by atoms with Crippen LogP contribution in [0.4, 0.5) is 5.82 Å². The highest BCUT2D eigenvalue weighted by Gasteiger charge is 2.27. The fraction of sp³-hybridized carbons (Fsp3) is 0.429. The summed E-state index contributed by atoms with van der Waals surface area (Å²) < 4.78 is 1.75. The van der Waals surface area contributed by atoms with Crippen LogP contribution in [-0.2, 0) is 11.8 Å². The van der Waals surface area contributed by atoms with E-state index in [4.69, 9.17) is 4.98 Å². The van der Waals surface area contributed by atoms with Crippen molar-refractivity contribution in [3.05, 3.63) is 36.8 Å². The molecule has 0 unspecified atom stereocenters. The first-order valence-corrected chi connectivity index (χ1v) is 9.73. The molecule has 4 rings (SSSR count). The lowest BCUT2D eigenvalue weighted by molar-refractivity contribution is -0.121. The summed E-state index contributed by atoms with van der Waals surface area (Å²) in [6, 6.07) is 6.38. The van der Waals surface area contributed by atoms with Gasteiger partial charge in [0.05, 0.1) is 17.4 Å². The molecule has 3 aromatic heterocycles. The average Bonchev–Trinajstić information content (AvgIpc) is 3.14. The first kappa shape index (κ1) is 18.6. The first-order valence-electron chi connectivity index (χ1n) is 9.73. The van der Waals surface area contributed by atoms with Crippen molar-refractivity contribution in [2.24, 2.45) is 13.0 Å². The summed E-state index contributed by atoms with van der Waals surface area (Å²) >= 11 is 0. The SMILES string of the molecule is CN(C)C1CCC(C(=O)Nc2cc3nc(-c4cnn(C)c4)ccc3cn2)CC1. The van der Waals surface area contributed by atoms with Gasteiger partial charge in [-0.25, -0.2) is 9.97 Å². The van der Waals surface area contributed by atoms with Crippen LogP contribution >= 0.6 is 0 Å². The van der Waals surface area contributed by atoms with Gasteiger partial charge in [0.25, 0.3) is 0 Å². The van der Waals surface area contributed by atoms with E-state index in [2.05, 4.69) is 34.4 Å². The fourth-order valence-electron chi connectivity index (χ4n) is 3.88. The molecule has 7 nitrogen and oxygen atoms in total. The van der Waals surface area contributed by atoms with Gasteiger partial charge in [0, 0.05) is 48.4 Å². The van der Waals surface area contributed by atoms with Gasteiger partial charge in [-0.3, -0.25) is 9.48 Å². The minimum Gasteiger partial charge on any atom is -0.310 e. The Bertz CT molecular complexity index is 987. The summed E-state index contributed by atoms with van der Waals surface area (Å²) in [5, 5.41) is 8.14. The fourth-order valence-corrected chi connectivity index (χ4v) is 3.88. The van der Waals surface area contributed by atoms with Gasteiger partial charge in [-0.2, -0.15) is 5.10 Å². The molecule has 0 spiro atoms. The van der Waals surface area contributed by atoms with Crippen molar-refractivity contribution in [2.45, 2.75) is 31.7 Å². The number of rotatable bonds is 4. The number of anilines is 1. The number of nitrogens with zero attached hydrogens (tertiary/aromatic N) is 5. The maximum Gasteiger partial charge on any atom is 0.228 e. The van der Waals surface area contributed by atoms with E-state index in [0.717, 1.165) is 47.8 Å². The Kier molecular flexibility index (Phi) is 5.09. The lowest BCUT2D eigenvalue weighted by Crippen LogP contribution is -2.35. The summed E-state index contributed by atoms with van der Waals surface area (Å²) in [5.74, 6) is 0.680. The Labute approximate surface area is 164 Å². The Morgan fingerprint density at radius 1 is 1.18 bits per heavy atom. The summed E-state index contributed by atoms with van der Waals surface area (Å²) in [6.07, 6.45) is 9.45. The number of carbonyl (C=O) groups is 1. The zero-order chi connectivity index (χ0) is 19.7. The lowest BCUT2D eigenvalue weighted by atomic mass is 9.85. The molecule has 1 fully saturated rings. The highest BCUT2D eigenvalue weighted by atomic mass is 16.1. The van der Waals surface area contributed by atoms with Gasteiger partial charge in [0.1, 0.15) is 5.82 Å². The van der Waals surface area contributed by atoms with Gasteiger partial charge < -0.3 is 10.2 Å². The topological polar surface area (TPSA) is 75.9 Å². The minimum absolute atomic E-state index is 0.0587. The Hall–Kier alpha value is -2.80. The second-order valence-corrected chi connectivity index (χ2v) is 7.82. The number of pyridine rings is 2. The Morgan fingerprint density at radius 2 is 1.96 bits per heavy atom. The van der Waals surface area contributed by atoms with E-state index < -0.39 is 0 Å². The van der Waals surface area contributed by atoms with Gasteiger partial charge in [-0.1, -0.05) is 0 Å². The quantitative estimate of drug-likeness (QED) is 0.755. The maximum absolute atomic E-state index is 12.7. The van der Waals surface area contributed by atoms with E-state index in [9.17, 15) is 4.79 Å². The molecule has 3 heterocycles. The van der Waals surface area contributed by atoms with Gasteiger partial charge in [-0.15, -0.1) is 0 Å². The standard InChI is InChI=1S/C21H26N6O/c1-26(2)17-7-4-14(5-8-17)21(28)25-20-10-19-15(11-22-20)6-9-18(24-19)16-12-23-27(3)13-16/h6,9-14,17H,4-5,7-8H2,1-3H3,(H,22,25,28). The molecule has 1 N–H and O–H groups in total. The zero-order valence-corrected chi connectivity index (χ0v) is 16.6. The second kappa shape index (κ2) is 7.67. The largest absolute Gasteiger partial charge is 0.310 e. The second-order valence-electron chi connectivity index (χ2n) is 7.82. The van der Waals surface area contributed by atoms with E-state index in [-0.39, 0.29) is 11.8 Å². The normalized spacial score (nSPS) is 19.9. The summed E-state index contributed by atoms with van der Waals surface area (Å²) in [7, 11) is 6.10. The molecular formula is C21H26N6O. The molecule has 146 valence electrons. The van der Waals surface area contributed by atoms with Crippen LogP contribution in [0.2, 0.25) is 0 Å². The first-order chi connectivity index (χ1) is 13.5. The number of aromatic nitrogens is 4. The molecule has 0 radical (unpaired) electrons. The van der Waals surface area contributed by atoms with Crippen LogP contribution < -0.4 is 5.32 Å². The molecule has 1 aliphatic carbocycles. The molecule has 1 saturated carbocycles. The maximum atomic E-state index is 12.7. The molecule has 1 aliphatic rings. The van der Waals surface area contributed by atoms with Crippen LogP contribution in [-0.4, -0.2) is 50.7 Å². The van der Waals surface area contributed by atoms with E-state index in [1.165, 1.54) is 0 Å². The number of amides is 1. The predicted octanol–water partition coefficient (Wildman–Crippen LogP) is 3.09. The minimum atomic E-state index is 0.0587. The van der Waals surface area contributed by atoms with Gasteiger partial charge in [-0.05, 0) is 51.9 Å². The third kappa shape index (κ3) is 3.89. The van der Waals surface area contributed by atoms with Gasteiger partial charge >= 0.3 is 0 Å². The number of fused-ring (bicyclic) bond motifs is 1. The highest BCUT2D eigenvalue weighted by molar-refractivity contribution is 5.93. The van der Waals surface area contributed by atoms with E-state index >= 15 is 0 Å². The lowest BCUT2D eigenvalue weighted by Gasteiger charge is -2.31. The van der Waals surface area contributed by atoms with Crippen LogP contribution in [0.5, 0.6) is 0 Å². The van der Waals surface area contributed by atoms with Gasteiger partial charge in [0.2, 0.25) is 5.91 Å². The number of hydrogen-bond donors (Lipinski definition) is 1. The Morgan fingerprint density at radius 3 is 2.64 bits per heavy atom. The molecule has 0 atom stereocenters. The summed E-state index contributed by atoms with van der Waals surface area (Å²) in [6.45, 7) is 0. The molecular weight excluding hydrogens is 352 g/mol. The molecule has 3 aromatic rings.